The summed E-state index contributed by atoms with van der Waals surface area (Å²) in [4.78, 5) is 27.0. The molecular formula is C27H34ClNO3P+. The highest BCUT2D eigenvalue weighted by molar-refractivity contribution is 7.79. The summed E-state index contributed by atoms with van der Waals surface area (Å²) in [6.45, 7) is 4.25. The highest BCUT2D eigenvalue weighted by Crippen LogP contribution is 2.77. The van der Waals surface area contributed by atoms with E-state index in [0.29, 0.717) is 17.8 Å². The molecular weight excluding hydrogens is 453 g/mol. The maximum Gasteiger partial charge on any atom is 0.344 e. The summed E-state index contributed by atoms with van der Waals surface area (Å²) in [6, 6.07) is 13.6. The van der Waals surface area contributed by atoms with Crippen molar-refractivity contribution < 1.29 is 14.3 Å². The Balaban J connectivity index is 1.55. The first-order chi connectivity index (χ1) is 15.9. The Morgan fingerprint density at radius 3 is 2.21 bits per heavy atom. The Hall–Kier alpha value is -1.90. The second kappa shape index (κ2) is 10.2. The van der Waals surface area contributed by atoms with E-state index in [9.17, 15) is 9.59 Å². The SMILES string of the molecule is Cc1cc(Cl)cc(C)c1NC(=O)C1([P+]2(CC(=O)OCc3ccccc3)CCCCC2)CCC1. The molecule has 4 rings (SSSR count). The molecule has 0 spiro atoms. The highest BCUT2D eigenvalue weighted by Gasteiger charge is 2.66. The summed E-state index contributed by atoms with van der Waals surface area (Å²) in [5.74, 6) is -0.0413. The summed E-state index contributed by atoms with van der Waals surface area (Å²) >= 11 is 6.20. The van der Waals surface area contributed by atoms with Crippen LogP contribution in [0.5, 0.6) is 0 Å². The molecule has 1 heterocycles. The van der Waals surface area contributed by atoms with Crippen LogP contribution in [0, 0.1) is 13.8 Å². The van der Waals surface area contributed by atoms with Gasteiger partial charge in [-0.05, 0) is 81.2 Å². The average molecular weight is 487 g/mol. The van der Waals surface area contributed by atoms with Crippen molar-refractivity contribution in [3.05, 3.63) is 64.2 Å². The zero-order valence-electron chi connectivity index (χ0n) is 19.7. The van der Waals surface area contributed by atoms with Gasteiger partial charge in [-0.3, -0.25) is 4.79 Å². The van der Waals surface area contributed by atoms with Gasteiger partial charge in [-0.25, -0.2) is 4.79 Å². The highest BCUT2D eigenvalue weighted by atomic mass is 35.5. The molecule has 1 aliphatic heterocycles. The molecule has 0 radical (unpaired) electrons. The number of hydrogen-bond donors (Lipinski definition) is 1. The minimum absolute atomic E-state index is 0.105. The number of anilines is 1. The number of ether oxygens (including phenoxy) is 1. The van der Waals surface area contributed by atoms with E-state index in [1.54, 1.807) is 0 Å². The second-order valence-electron chi connectivity index (χ2n) is 9.71. The van der Waals surface area contributed by atoms with Gasteiger partial charge in [0.1, 0.15) is 6.61 Å². The Morgan fingerprint density at radius 1 is 1.00 bits per heavy atom. The maximum atomic E-state index is 13.9. The normalized spacial score (nSPS) is 18.8. The number of rotatable bonds is 7. The van der Waals surface area contributed by atoms with E-state index in [-0.39, 0.29) is 11.9 Å². The topological polar surface area (TPSA) is 55.4 Å². The van der Waals surface area contributed by atoms with Crippen LogP contribution >= 0.6 is 18.9 Å². The van der Waals surface area contributed by atoms with Crippen LogP contribution in [0.1, 0.15) is 55.2 Å². The lowest BCUT2D eigenvalue weighted by Gasteiger charge is -2.50. The molecule has 0 unspecified atom stereocenters. The van der Waals surface area contributed by atoms with E-state index in [0.717, 1.165) is 66.8 Å². The monoisotopic (exact) mass is 486 g/mol. The van der Waals surface area contributed by atoms with E-state index in [4.69, 9.17) is 16.3 Å². The van der Waals surface area contributed by atoms with Crippen molar-refractivity contribution in [3.8, 4) is 0 Å². The first-order valence-corrected chi connectivity index (χ1v) is 14.7. The first kappa shape index (κ1) is 24.2. The number of esters is 1. The molecule has 2 aliphatic rings. The molecule has 0 atom stereocenters. The van der Waals surface area contributed by atoms with Gasteiger partial charge < -0.3 is 10.1 Å². The fourth-order valence-electron chi connectivity index (χ4n) is 5.65. The van der Waals surface area contributed by atoms with E-state index in [2.05, 4.69) is 5.32 Å². The molecule has 2 fully saturated rings. The quantitative estimate of drug-likeness (QED) is 0.347. The first-order valence-electron chi connectivity index (χ1n) is 12.0. The lowest BCUT2D eigenvalue weighted by atomic mass is 9.83. The van der Waals surface area contributed by atoms with Gasteiger partial charge in [0.25, 0.3) is 5.91 Å². The molecule has 2 aromatic rings. The van der Waals surface area contributed by atoms with Crippen LogP contribution in [-0.4, -0.2) is 35.5 Å². The zero-order valence-corrected chi connectivity index (χ0v) is 21.3. The van der Waals surface area contributed by atoms with Crippen molar-refractivity contribution in [1.29, 1.82) is 0 Å². The van der Waals surface area contributed by atoms with Crippen molar-refractivity contribution in [3.63, 3.8) is 0 Å². The van der Waals surface area contributed by atoms with Crippen LogP contribution in [0.2, 0.25) is 5.02 Å². The van der Waals surface area contributed by atoms with Crippen molar-refractivity contribution in [1.82, 2.24) is 0 Å². The van der Waals surface area contributed by atoms with Gasteiger partial charge >= 0.3 is 5.97 Å². The Kier molecular flexibility index (Phi) is 7.46. The van der Waals surface area contributed by atoms with Crippen LogP contribution in [0.3, 0.4) is 0 Å². The van der Waals surface area contributed by atoms with Crippen molar-refractivity contribution in [2.24, 2.45) is 0 Å². The van der Waals surface area contributed by atoms with E-state index in [1.165, 1.54) is 6.42 Å². The summed E-state index contributed by atoms with van der Waals surface area (Å²) in [6.07, 6.45) is 8.65. The largest absolute Gasteiger partial charge is 0.458 e. The van der Waals surface area contributed by atoms with Crippen LogP contribution in [-0.2, 0) is 20.9 Å². The number of amides is 1. The van der Waals surface area contributed by atoms with E-state index in [1.807, 2.05) is 56.3 Å². The van der Waals surface area contributed by atoms with Gasteiger partial charge in [-0.2, -0.15) is 0 Å². The van der Waals surface area contributed by atoms with E-state index >= 15 is 0 Å². The second-order valence-corrected chi connectivity index (χ2v) is 14.5. The van der Waals surface area contributed by atoms with Crippen LogP contribution in [0.25, 0.3) is 0 Å². The summed E-state index contributed by atoms with van der Waals surface area (Å²) in [5.41, 5.74) is 3.80. The predicted octanol–water partition coefficient (Wildman–Crippen LogP) is 6.76. The van der Waals surface area contributed by atoms with Gasteiger partial charge in [-0.15, -0.1) is 0 Å². The number of carbonyl (C=O) groups is 2. The molecule has 1 N–H and O–H groups in total. The van der Waals surface area contributed by atoms with Gasteiger partial charge in [-0.1, -0.05) is 41.9 Å². The number of nitrogens with one attached hydrogen (secondary N) is 1. The fourth-order valence-corrected chi connectivity index (χ4v) is 11.7. The third-order valence-corrected chi connectivity index (χ3v) is 13.5. The fraction of sp³-hybridized carbons (Fsp3) is 0.481. The Labute approximate surface area is 202 Å². The lowest BCUT2D eigenvalue weighted by Crippen LogP contribution is -2.53. The smallest absolute Gasteiger partial charge is 0.344 e. The van der Waals surface area contributed by atoms with Crippen LogP contribution in [0.4, 0.5) is 5.69 Å². The lowest BCUT2D eigenvalue weighted by molar-refractivity contribution is -0.141. The maximum absolute atomic E-state index is 13.9. The number of benzene rings is 2. The summed E-state index contributed by atoms with van der Waals surface area (Å²) in [5, 5.41) is 3.55. The van der Waals surface area contributed by atoms with Crippen molar-refractivity contribution in [2.45, 2.75) is 64.1 Å². The molecule has 2 aromatic carbocycles. The molecule has 1 saturated carbocycles. The van der Waals surface area contributed by atoms with Gasteiger partial charge in [0.2, 0.25) is 0 Å². The Morgan fingerprint density at radius 2 is 1.64 bits per heavy atom. The molecule has 176 valence electrons. The number of halogens is 1. The number of hydrogen-bond acceptors (Lipinski definition) is 3. The molecule has 1 saturated heterocycles. The standard InChI is InChI=1S/C27H33ClNO3P/c1-20-16-23(28)17-21(2)25(20)29-26(31)27(12-9-13-27)33(14-7-4-8-15-33)19-24(30)32-18-22-10-5-3-6-11-22/h3,5-6,10-11,16-17H,4,7-9,12-15,18-19H2,1-2H3/p+1. The Bertz CT molecular complexity index is 990. The third kappa shape index (κ3) is 4.98. The molecule has 0 bridgehead atoms. The average Bonchev–Trinajstić information content (AvgIpc) is 2.75. The van der Waals surface area contributed by atoms with E-state index < -0.39 is 12.4 Å². The zero-order chi connectivity index (χ0) is 23.5. The van der Waals surface area contributed by atoms with Gasteiger partial charge in [0, 0.05) is 18.0 Å². The number of aryl methyl sites for hydroxylation is 2. The molecule has 33 heavy (non-hydrogen) atoms. The molecule has 6 heteroatoms. The van der Waals surface area contributed by atoms with Crippen molar-refractivity contribution >= 4 is 36.4 Å². The van der Waals surface area contributed by atoms with Gasteiger partial charge in [0.05, 0.1) is 12.3 Å². The minimum atomic E-state index is -1.85. The third-order valence-electron chi connectivity index (χ3n) is 7.59. The predicted molar refractivity (Wildman–Crippen MR) is 138 cm³/mol. The van der Waals surface area contributed by atoms with Crippen LogP contribution in [0.15, 0.2) is 42.5 Å². The van der Waals surface area contributed by atoms with Crippen LogP contribution < -0.4 is 5.32 Å². The summed E-state index contributed by atoms with van der Waals surface area (Å²) < 4.78 is 5.71. The molecule has 1 amide bonds. The molecule has 0 aromatic heterocycles. The minimum Gasteiger partial charge on any atom is -0.458 e. The molecule has 4 nitrogen and oxygen atoms in total. The van der Waals surface area contributed by atoms with Crippen molar-refractivity contribution in [2.75, 3.05) is 23.8 Å². The molecule has 1 aliphatic carbocycles. The number of carbonyl (C=O) groups excluding carboxylic acids is 2. The summed E-state index contributed by atoms with van der Waals surface area (Å²) in [7, 11) is -1.85. The van der Waals surface area contributed by atoms with Gasteiger partial charge in [0.15, 0.2) is 11.3 Å².